The zero-order valence-electron chi connectivity index (χ0n) is 12.2. The van der Waals surface area contributed by atoms with Crippen LogP contribution >= 0.6 is 0 Å². The average Bonchev–Trinajstić information content (AvgIpc) is 3.21. The van der Waals surface area contributed by atoms with Crippen molar-refractivity contribution in [2.75, 3.05) is 46.9 Å². The van der Waals surface area contributed by atoms with Gasteiger partial charge in [-0.25, -0.2) is 0 Å². The van der Waals surface area contributed by atoms with Gasteiger partial charge < -0.3 is 15.4 Å². The van der Waals surface area contributed by atoms with Gasteiger partial charge in [-0.15, -0.1) is 0 Å². The summed E-state index contributed by atoms with van der Waals surface area (Å²) in [7, 11) is 4.04. The van der Waals surface area contributed by atoms with Crippen LogP contribution in [0.25, 0.3) is 0 Å². The minimum atomic E-state index is 0.101. The second-order valence-electron chi connectivity index (χ2n) is 6.00. The largest absolute Gasteiger partial charge is 0.383 e. The molecule has 1 aliphatic heterocycles. The van der Waals surface area contributed by atoms with Crippen molar-refractivity contribution >= 4 is 0 Å². The number of hydrogen-bond donors (Lipinski definition) is 1. The van der Waals surface area contributed by atoms with Crippen molar-refractivity contribution in [3.63, 3.8) is 0 Å². The number of rotatable bonds is 6. The molecule has 1 saturated carbocycles. The topological polar surface area (TPSA) is 41.7 Å². The minimum absolute atomic E-state index is 0.101. The first-order chi connectivity index (χ1) is 8.67. The molecule has 2 atom stereocenters. The lowest BCUT2D eigenvalue weighted by Crippen LogP contribution is -2.65. The highest BCUT2D eigenvalue weighted by atomic mass is 16.5. The predicted octanol–water partition coefficient (Wildman–Crippen LogP) is 0.766. The Morgan fingerprint density at radius 2 is 2.06 bits per heavy atom. The van der Waals surface area contributed by atoms with Gasteiger partial charge in [0.25, 0.3) is 0 Å². The van der Waals surface area contributed by atoms with E-state index in [1.807, 2.05) is 0 Å². The zero-order valence-corrected chi connectivity index (χ0v) is 12.2. The van der Waals surface area contributed by atoms with E-state index in [0.717, 1.165) is 38.7 Å². The van der Waals surface area contributed by atoms with Gasteiger partial charge in [-0.05, 0) is 32.2 Å². The summed E-state index contributed by atoms with van der Waals surface area (Å²) >= 11 is 0. The van der Waals surface area contributed by atoms with Gasteiger partial charge in [-0.3, -0.25) is 4.90 Å². The van der Waals surface area contributed by atoms with Crippen molar-refractivity contribution < 1.29 is 4.74 Å². The Labute approximate surface area is 111 Å². The molecule has 0 amide bonds. The molecule has 2 unspecified atom stereocenters. The summed E-state index contributed by atoms with van der Waals surface area (Å²) in [5.74, 6) is 0.753. The highest BCUT2D eigenvalue weighted by molar-refractivity contribution is 5.05. The molecule has 2 fully saturated rings. The quantitative estimate of drug-likeness (QED) is 0.761. The zero-order chi connectivity index (χ0) is 13.2. The van der Waals surface area contributed by atoms with Gasteiger partial charge in [0.1, 0.15) is 0 Å². The van der Waals surface area contributed by atoms with Gasteiger partial charge in [0.15, 0.2) is 0 Å². The fraction of sp³-hybridized carbons (Fsp3) is 1.00. The van der Waals surface area contributed by atoms with Crippen LogP contribution in [0.4, 0.5) is 0 Å². The van der Waals surface area contributed by atoms with Gasteiger partial charge in [0.2, 0.25) is 0 Å². The summed E-state index contributed by atoms with van der Waals surface area (Å²) in [6, 6.07) is 0.667. The lowest BCUT2D eigenvalue weighted by atomic mass is 9.89. The fourth-order valence-electron chi connectivity index (χ4n) is 3.48. The van der Waals surface area contributed by atoms with Crippen LogP contribution in [0.1, 0.15) is 26.2 Å². The van der Waals surface area contributed by atoms with Crippen molar-refractivity contribution in [3.05, 3.63) is 0 Å². The fourth-order valence-corrected chi connectivity index (χ4v) is 3.48. The van der Waals surface area contributed by atoms with Crippen LogP contribution in [0.3, 0.4) is 0 Å². The molecule has 18 heavy (non-hydrogen) atoms. The van der Waals surface area contributed by atoms with E-state index < -0.39 is 0 Å². The molecule has 106 valence electrons. The maximum Gasteiger partial charge on any atom is 0.0661 e. The first-order valence-electron chi connectivity index (χ1n) is 7.32. The molecule has 2 rings (SSSR count). The van der Waals surface area contributed by atoms with Crippen molar-refractivity contribution in [1.82, 2.24) is 9.80 Å². The third-order valence-electron chi connectivity index (χ3n) is 4.96. The lowest BCUT2D eigenvalue weighted by Gasteiger charge is -2.49. The molecular weight excluding hydrogens is 226 g/mol. The van der Waals surface area contributed by atoms with E-state index in [4.69, 9.17) is 10.5 Å². The second-order valence-corrected chi connectivity index (χ2v) is 6.00. The van der Waals surface area contributed by atoms with E-state index in [1.54, 1.807) is 7.11 Å². The molecule has 1 heterocycles. The molecule has 2 N–H and O–H groups in total. The maximum absolute atomic E-state index is 6.15. The first kappa shape index (κ1) is 14.3. The van der Waals surface area contributed by atoms with Crippen molar-refractivity contribution in [2.45, 2.75) is 37.8 Å². The monoisotopic (exact) mass is 255 g/mol. The predicted molar refractivity (Wildman–Crippen MR) is 74.7 cm³/mol. The highest BCUT2D eigenvalue weighted by Gasteiger charge is 2.49. The lowest BCUT2D eigenvalue weighted by molar-refractivity contribution is -0.0404. The molecule has 1 saturated heterocycles. The van der Waals surface area contributed by atoms with E-state index in [1.165, 1.54) is 19.3 Å². The van der Waals surface area contributed by atoms with E-state index >= 15 is 0 Å². The van der Waals surface area contributed by atoms with Gasteiger partial charge in [0.05, 0.1) is 12.1 Å². The van der Waals surface area contributed by atoms with Crippen LogP contribution in [-0.4, -0.2) is 68.3 Å². The number of likely N-dealkylation sites (N-methyl/N-ethyl adjacent to an activating group) is 1. The van der Waals surface area contributed by atoms with Crippen molar-refractivity contribution in [3.8, 4) is 0 Å². The summed E-state index contributed by atoms with van der Waals surface area (Å²) in [4.78, 5) is 5.11. The van der Waals surface area contributed by atoms with Crippen LogP contribution < -0.4 is 5.73 Å². The Bertz CT molecular complexity index is 270. The number of hydrogen-bond acceptors (Lipinski definition) is 4. The van der Waals surface area contributed by atoms with E-state index in [-0.39, 0.29) is 5.54 Å². The minimum Gasteiger partial charge on any atom is -0.383 e. The van der Waals surface area contributed by atoms with E-state index in [0.29, 0.717) is 6.04 Å². The van der Waals surface area contributed by atoms with Gasteiger partial charge in [-0.1, -0.05) is 6.92 Å². The number of nitrogens with two attached hydrogens (primary N) is 1. The van der Waals surface area contributed by atoms with Gasteiger partial charge in [0, 0.05) is 39.3 Å². The Kier molecular flexibility index (Phi) is 4.64. The van der Waals surface area contributed by atoms with Crippen LogP contribution in [0, 0.1) is 5.92 Å². The van der Waals surface area contributed by atoms with Crippen molar-refractivity contribution in [2.24, 2.45) is 11.7 Å². The molecular formula is C14H29N3O. The number of nitrogens with zero attached hydrogens (tertiary/aromatic N) is 2. The molecule has 0 spiro atoms. The third-order valence-corrected chi connectivity index (χ3v) is 4.96. The summed E-state index contributed by atoms with van der Waals surface area (Å²) < 4.78 is 5.51. The van der Waals surface area contributed by atoms with E-state index in [2.05, 4.69) is 23.8 Å². The second kappa shape index (κ2) is 5.87. The molecule has 1 aliphatic carbocycles. The molecule has 4 nitrogen and oxygen atoms in total. The molecule has 0 aromatic carbocycles. The Morgan fingerprint density at radius 1 is 1.33 bits per heavy atom. The summed E-state index contributed by atoms with van der Waals surface area (Å²) in [6.07, 6.45) is 3.86. The molecule has 0 aromatic heterocycles. The van der Waals surface area contributed by atoms with Crippen LogP contribution in [0.15, 0.2) is 0 Å². The average molecular weight is 255 g/mol. The van der Waals surface area contributed by atoms with Crippen LogP contribution in [0.2, 0.25) is 0 Å². The summed E-state index contributed by atoms with van der Waals surface area (Å²) in [5.41, 5.74) is 6.25. The normalized spacial score (nSPS) is 30.3. The Morgan fingerprint density at radius 3 is 2.56 bits per heavy atom. The first-order valence-corrected chi connectivity index (χ1v) is 7.32. The molecule has 4 heteroatoms. The van der Waals surface area contributed by atoms with Crippen LogP contribution in [-0.2, 0) is 4.74 Å². The van der Waals surface area contributed by atoms with Crippen LogP contribution in [0.5, 0.6) is 0 Å². The molecule has 0 radical (unpaired) electrons. The molecule has 0 bridgehead atoms. The standard InChI is InChI=1S/C14H29N3O/c1-4-13-9-17(8-7-16(13)2)14(10-15,11-18-3)12-5-6-12/h12-13H,4-11,15H2,1-3H3. The van der Waals surface area contributed by atoms with E-state index in [9.17, 15) is 0 Å². The Hall–Kier alpha value is -0.160. The maximum atomic E-state index is 6.15. The highest BCUT2D eigenvalue weighted by Crippen LogP contribution is 2.43. The van der Waals surface area contributed by atoms with Gasteiger partial charge >= 0.3 is 0 Å². The smallest absolute Gasteiger partial charge is 0.0661 e. The molecule has 2 aliphatic rings. The van der Waals surface area contributed by atoms with Gasteiger partial charge in [-0.2, -0.15) is 0 Å². The van der Waals surface area contributed by atoms with Crippen molar-refractivity contribution in [1.29, 1.82) is 0 Å². The summed E-state index contributed by atoms with van der Waals surface area (Å²) in [6.45, 7) is 7.22. The third kappa shape index (κ3) is 2.57. The summed E-state index contributed by atoms with van der Waals surface area (Å²) in [5, 5.41) is 0. The Balaban J connectivity index is 2.10. The molecule has 0 aromatic rings. The number of piperazine rings is 1. The number of ether oxygens (including phenoxy) is 1. The number of methoxy groups -OCH3 is 1. The SMILES string of the molecule is CCC1CN(C(CN)(COC)C2CC2)CCN1C.